The van der Waals surface area contributed by atoms with Gasteiger partial charge in [-0.25, -0.2) is 13.2 Å². The third-order valence-electron chi connectivity index (χ3n) is 2.54. The zero-order chi connectivity index (χ0) is 12.3. The van der Waals surface area contributed by atoms with E-state index in [1.54, 1.807) is 0 Å². The summed E-state index contributed by atoms with van der Waals surface area (Å²) >= 11 is 0. The molecule has 0 radical (unpaired) electrons. The first-order valence-electron chi connectivity index (χ1n) is 5.01. The second-order valence-corrected chi connectivity index (χ2v) is 6.22. The molecule has 0 aromatic carbocycles. The Kier molecular flexibility index (Phi) is 3.90. The molecule has 1 saturated heterocycles. The van der Waals surface area contributed by atoms with Gasteiger partial charge in [-0.2, -0.15) is 0 Å². The van der Waals surface area contributed by atoms with Crippen molar-refractivity contribution in [2.75, 3.05) is 18.6 Å². The maximum Gasteiger partial charge on any atom is 0.326 e. The van der Waals surface area contributed by atoms with E-state index in [2.05, 4.69) is 0 Å². The standard InChI is InChI=1S/C9H15NO5S/c1-16(14,15)6-4-8(11)10-5-2-3-7(10)9(12)13/h7H,2-6H2,1H3,(H,12,13). The van der Waals surface area contributed by atoms with Gasteiger partial charge in [-0.1, -0.05) is 0 Å². The van der Waals surface area contributed by atoms with Crippen LogP contribution in [0.4, 0.5) is 0 Å². The van der Waals surface area contributed by atoms with Crippen LogP contribution in [-0.2, 0) is 19.4 Å². The lowest BCUT2D eigenvalue weighted by atomic mass is 10.2. The van der Waals surface area contributed by atoms with Gasteiger partial charge in [0.2, 0.25) is 5.91 Å². The van der Waals surface area contributed by atoms with Crippen molar-refractivity contribution >= 4 is 21.7 Å². The molecule has 0 aromatic heterocycles. The topological polar surface area (TPSA) is 91.8 Å². The van der Waals surface area contributed by atoms with E-state index in [0.717, 1.165) is 6.26 Å². The third kappa shape index (κ3) is 3.48. The van der Waals surface area contributed by atoms with Gasteiger partial charge >= 0.3 is 5.97 Å². The number of carboxylic acid groups (broad SMARTS) is 1. The molecule has 1 N–H and O–H groups in total. The fourth-order valence-corrected chi connectivity index (χ4v) is 2.28. The number of carboxylic acids is 1. The van der Waals surface area contributed by atoms with Crippen molar-refractivity contribution in [3.63, 3.8) is 0 Å². The average molecular weight is 249 g/mol. The van der Waals surface area contributed by atoms with E-state index in [4.69, 9.17) is 5.11 Å². The molecule has 1 aliphatic heterocycles. The summed E-state index contributed by atoms with van der Waals surface area (Å²) < 4.78 is 21.8. The molecule has 6 nitrogen and oxygen atoms in total. The Hall–Kier alpha value is -1.11. The summed E-state index contributed by atoms with van der Waals surface area (Å²) in [5.41, 5.74) is 0. The molecule has 16 heavy (non-hydrogen) atoms. The van der Waals surface area contributed by atoms with Crippen LogP contribution in [0.5, 0.6) is 0 Å². The predicted molar refractivity (Wildman–Crippen MR) is 56.7 cm³/mol. The Bertz CT molecular complexity index is 389. The summed E-state index contributed by atoms with van der Waals surface area (Å²) in [6.07, 6.45) is 2.02. The third-order valence-corrected chi connectivity index (χ3v) is 3.49. The van der Waals surface area contributed by atoms with E-state index < -0.39 is 27.8 Å². The number of sulfone groups is 1. The molecule has 0 bridgehead atoms. The fourth-order valence-electron chi connectivity index (χ4n) is 1.74. The minimum absolute atomic E-state index is 0.136. The van der Waals surface area contributed by atoms with Crippen LogP contribution in [-0.4, -0.2) is 54.9 Å². The van der Waals surface area contributed by atoms with Crippen LogP contribution in [0.3, 0.4) is 0 Å². The summed E-state index contributed by atoms with van der Waals surface area (Å²) in [6, 6.07) is -0.785. The first-order valence-corrected chi connectivity index (χ1v) is 7.07. The number of likely N-dealkylation sites (tertiary alicyclic amines) is 1. The Morgan fingerprint density at radius 2 is 2.06 bits per heavy atom. The van der Waals surface area contributed by atoms with E-state index in [-0.39, 0.29) is 12.2 Å². The van der Waals surface area contributed by atoms with Crippen LogP contribution in [0, 0.1) is 0 Å². The van der Waals surface area contributed by atoms with Crippen molar-refractivity contribution in [1.82, 2.24) is 4.90 Å². The second kappa shape index (κ2) is 4.82. The number of amides is 1. The molecule has 1 unspecified atom stereocenters. The highest BCUT2D eigenvalue weighted by molar-refractivity contribution is 7.90. The summed E-state index contributed by atoms with van der Waals surface area (Å²) in [5.74, 6) is -1.64. The maximum absolute atomic E-state index is 11.6. The van der Waals surface area contributed by atoms with Gasteiger partial charge < -0.3 is 10.0 Å². The second-order valence-electron chi connectivity index (χ2n) is 3.96. The molecule has 1 rings (SSSR count). The highest BCUT2D eigenvalue weighted by Crippen LogP contribution is 2.18. The first-order chi connectivity index (χ1) is 7.31. The molecule has 1 aliphatic rings. The van der Waals surface area contributed by atoms with E-state index in [0.29, 0.717) is 19.4 Å². The summed E-state index contributed by atoms with van der Waals surface area (Å²) in [6.45, 7) is 0.402. The fraction of sp³-hybridized carbons (Fsp3) is 0.778. The number of rotatable bonds is 4. The number of hydrogen-bond donors (Lipinski definition) is 1. The molecule has 1 atom stereocenters. The summed E-state index contributed by atoms with van der Waals surface area (Å²) in [5, 5.41) is 8.85. The van der Waals surface area contributed by atoms with Crippen LogP contribution in [0.2, 0.25) is 0 Å². The molecule has 0 saturated carbocycles. The summed E-state index contributed by atoms with van der Waals surface area (Å²) in [4.78, 5) is 23.7. The Morgan fingerprint density at radius 1 is 1.44 bits per heavy atom. The molecule has 0 aromatic rings. The number of nitrogens with zero attached hydrogens (tertiary/aromatic N) is 1. The molecule has 0 spiro atoms. The van der Waals surface area contributed by atoms with Gasteiger partial charge in [0, 0.05) is 19.2 Å². The van der Waals surface area contributed by atoms with Crippen LogP contribution >= 0.6 is 0 Å². The number of carbonyl (C=O) groups is 2. The van der Waals surface area contributed by atoms with Gasteiger partial charge in [-0.15, -0.1) is 0 Å². The van der Waals surface area contributed by atoms with Gasteiger partial charge in [-0.05, 0) is 12.8 Å². The van der Waals surface area contributed by atoms with Gasteiger partial charge in [-0.3, -0.25) is 4.79 Å². The molecule has 92 valence electrons. The minimum Gasteiger partial charge on any atom is -0.480 e. The predicted octanol–water partition coefficient (Wildman–Crippen LogP) is -0.503. The maximum atomic E-state index is 11.6. The normalized spacial score (nSPS) is 21.1. The molecule has 1 amide bonds. The van der Waals surface area contributed by atoms with E-state index in [1.165, 1.54) is 4.90 Å². The van der Waals surface area contributed by atoms with Crippen LogP contribution < -0.4 is 0 Å². The average Bonchev–Trinajstić information content (AvgIpc) is 2.61. The molecule has 1 heterocycles. The molecule has 7 heteroatoms. The van der Waals surface area contributed by atoms with Crippen molar-refractivity contribution < 1.29 is 23.1 Å². The quantitative estimate of drug-likeness (QED) is 0.725. The molecule has 1 fully saturated rings. The Morgan fingerprint density at radius 3 is 2.56 bits per heavy atom. The Labute approximate surface area is 94.2 Å². The lowest BCUT2D eigenvalue weighted by molar-refractivity contribution is -0.148. The van der Waals surface area contributed by atoms with Gasteiger partial charge in [0.25, 0.3) is 0 Å². The van der Waals surface area contributed by atoms with Gasteiger partial charge in [0.15, 0.2) is 0 Å². The number of hydrogen-bond acceptors (Lipinski definition) is 4. The smallest absolute Gasteiger partial charge is 0.326 e. The Balaban J connectivity index is 2.57. The highest BCUT2D eigenvalue weighted by atomic mass is 32.2. The van der Waals surface area contributed by atoms with Crippen LogP contribution in [0.15, 0.2) is 0 Å². The van der Waals surface area contributed by atoms with Gasteiger partial charge in [0.05, 0.1) is 5.75 Å². The minimum atomic E-state index is -3.18. The monoisotopic (exact) mass is 249 g/mol. The van der Waals surface area contributed by atoms with Crippen LogP contribution in [0.1, 0.15) is 19.3 Å². The first kappa shape index (κ1) is 13.0. The lowest BCUT2D eigenvalue weighted by Crippen LogP contribution is -2.40. The lowest BCUT2D eigenvalue weighted by Gasteiger charge is -2.21. The summed E-state index contributed by atoms with van der Waals surface area (Å²) in [7, 11) is -3.18. The van der Waals surface area contributed by atoms with Crippen molar-refractivity contribution in [2.45, 2.75) is 25.3 Å². The number of carbonyl (C=O) groups excluding carboxylic acids is 1. The van der Waals surface area contributed by atoms with E-state index in [1.807, 2.05) is 0 Å². The van der Waals surface area contributed by atoms with Crippen molar-refractivity contribution in [3.05, 3.63) is 0 Å². The van der Waals surface area contributed by atoms with Crippen molar-refractivity contribution in [2.24, 2.45) is 0 Å². The van der Waals surface area contributed by atoms with E-state index >= 15 is 0 Å². The number of aliphatic carboxylic acids is 1. The zero-order valence-corrected chi connectivity index (χ0v) is 9.87. The SMILES string of the molecule is CS(=O)(=O)CCC(=O)N1CCCC1C(=O)O. The van der Waals surface area contributed by atoms with Crippen molar-refractivity contribution in [1.29, 1.82) is 0 Å². The van der Waals surface area contributed by atoms with Crippen LogP contribution in [0.25, 0.3) is 0 Å². The van der Waals surface area contributed by atoms with Crippen molar-refractivity contribution in [3.8, 4) is 0 Å². The van der Waals surface area contributed by atoms with E-state index in [9.17, 15) is 18.0 Å². The molecule has 0 aliphatic carbocycles. The highest BCUT2D eigenvalue weighted by Gasteiger charge is 2.33. The van der Waals surface area contributed by atoms with Gasteiger partial charge in [0.1, 0.15) is 15.9 Å². The largest absolute Gasteiger partial charge is 0.480 e. The zero-order valence-electron chi connectivity index (χ0n) is 9.05. The molecular weight excluding hydrogens is 234 g/mol. The molecular formula is C9H15NO5S.